The van der Waals surface area contributed by atoms with Crippen LogP contribution in [-0.2, 0) is 10.0 Å². The summed E-state index contributed by atoms with van der Waals surface area (Å²) in [6.07, 6.45) is 0. The highest BCUT2D eigenvalue weighted by Crippen LogP contribution is 2.28. The van der Waals surface area contributed by atoms with Crippen LogP contribution in [0.4, 0.5) is 5.69 Å². The Balaban J connectivity index is 2.07. The number of sulfonamides is 1. The molecule has 0 aromatic heterocycles. The molecule has 0 unspecified atom stereocenters. The maximum atomic E-state index is 12.0. The fraction of sp³-hybridized carbons (Fsp3) is 0.0714. The van der Waals surface area contributed by atoms with E-state index < -0.39 is 10.0 Å². The van der Waals surface area contributed by atoms with Crippen molar-refractivity contribution < 1.29 is 8.42 Å². The van der Waals surface area contributed by atoms with Crippen molar-refractivity contribution >= 4 is 33.1 Å². The number of rotatable bonds is 1. The first-order chi connectivity index (χ1) is 9.47. The molecule has 0 atom stereocenters. The zero-order valence-corrected chi connectivity index (χ0v) is 12.2. The summed E-state index contributed by atoms with van der Waals surface area (Å²) in [4.78, 5) is 0.224. The molecule has 2 aromatic carbocycles. The lowest BCUT2D eigenvalue weighted by atomic mass is 10.1. The molecule has 102 valence electrons. The highest BCUT2D eigenvalue weighted by molar-refractivity contribution is 7.90. The topological polar surface area (TPSA) is 58.5 Å². The normalized spacial score (nSPS) is 15.6. The summed E-state index contributed by atoms with van der Waals surface area (Å²) < 4.78 is 27.7. The van der Waals surface area contributed by atoms with Gasteiger partial charge in [-0.1, -0.05) is 29.8 Å². The van der Waals surface area contributed by atoms with Crippen molar-refractivity contribution in [2.75, 3.05) is 5.32 Å². The number of nitrogens with one attached hydrogen (secondary N) is 1. The van der Waals surface area contributed by atoms with Gasteiger partial charge in [-0.2, -0.15) is 8.42 Å². The first-order valence-electron chi connectivity index (χ1n) is 5.95. The quantitative estimate of drug-likeness (QED) is 0.880. The summed E-state index contributed by atoms with van der Waals surface area (Å²) >= 11 is 5.96. The number of benzene rings is 2. The van der Waals surface area contributed by atoms with Gasteiger partial charge in [-0.05, 0) is 36.8 Å². The number of hydrogen-bond donors (Lipinski definition) is 1. The van der Waals surface area contributed by atoms with Gasteiger partial charge in [0.2, 0.25) is 0 Å². The zero-order chi connectivity index (χ0) is 14.3. The molecule has 3 rings (SSSR count). The van der Waals surface area contributed by atoms with Crippen LogP contribution >= 0.6 is 11.6 Å². The highest BCUT2D eigenvalue weighted by atomic mass is 35.5. The van der Waals surface area contributed by atoms with Gasteiger partial charge >= 0.3 is 0 Å². The van der Waals surface area contributed by atoms with Crippen molar-refractivity contribution in [2.45, 2.75) is 11.8 Å². The highest BCUT2D eigenvalue weighted by Gasteiger charge is 2.28. The number of hydrogen-bond acceptors (Lipinski definition) is 3. The van der Waals surface area contributed by atoms with Gasteiger partial charge in [0, 0.05) is 16.3 Å². The first-order valence-corrected chi connectivity index (χ1v) is 7.77. The summed E-state index contributed by atoms with van der Waals surface area (Å²) in [7, 11) is -3.61. The van der Waals surface area contributed by atoms with Gasteiger partial charge in [0.15, 0.2) is 5.84 Å². The van der Waals surface area contributed by atoms with E-state index in [1.807, 2.05) is 13.0 Å². The molecule has 20 heavy (non-hydrogen) atoms. The van der Waals surface area contributed by atoms with Crippen LogP contribution in [0, 0.1) is 6.92 Å². The predicted molar refractivity (Wildman–Crippen MR) is 80.0 cm³/mol. The summed E-state index contributed by atoms with van der Waals surface area (Å²) in [6, 6.07) is 12.1. The molecule has 1 N–H and O–H groups in total. The molecule has 2 aromatic rings. The molecular formula is C14H11ClN2O2S. The molecule has 4 nitrogen and oxygen atoms in total. The average Bonchev–Trinajstić information content (AvgIpc) is 2.66. The number of nitrogens with zero attached hydrogens (tertiary/aromatic N) is 1. The van der Waals surface area contributed by atoms with Crippen LogP contribution in [-0.4, -0.2) is 14.3 Å². The fourth-order valence-electron chi connectivity index (χ4n) is 2.05. The molecule has 0 saturated heterocycles. The van der Waals surface area contributed by atoms with Crippen molar-refractivity contribution in [3.05, 3.63) is 58.6 Å². The van der Waals surface area contributed by atoms with Crippen molar-refractivity contribution in [3.8, 4) is 0 Å². The summed E-state index contributed by atoms with van der Waals surface area (Å²) in [5, 5.41) is 3.62. The Kier molecular flexibility index (Phi) is 3.03. The lowest BCUT2D eigenvalue weighted by molar-refractivity contribution is 0.599. The third kappa shape index (κ3) is 2.19. The number of halogens is 1. The average molecular weight is 307 g/mol. The Morgan fingerprint density at radius 1 is 1.15 bits per heavy atom. The van der Waals surface area contributed by atoms with E-state index in [-0.39, 0.29) is 4.90 Å². The third-order valence-electron chi connectivity index (χ3n) is 3.08. The molecule has 0 bridgehead atoms. The van der Waals surface area contributed by atoms with Crippen LogP contribution in [0.5, 0.6) is 0 Å². The molecule has 0 spiro atoms. The standard InChI is InChI=1S/C14H11ClN2O2S/c1-9-6-7-10(15)8-12(9)16-14-11-4-2-3-5-13(11)20(18,19)17-14/h2-8H,1H3,(H,16,17). The first kappa shape index (κ1) is 13.1. The Labute approximate surface area is 122 Å². The van der Waals surface area contributed by atoms with Gasteiger partial charge in [0.25, 0.3) is 10.0 Å². The zero-order valence-electron chi connectivity index (χ0n) is 10.6. The van der Waals surface area contributed by atoms with Crippen molar-refractivity contribution in [2.24, 2.45) is 4.40 Å². The molecule has 0 fully saturated rings. The van der Waals surface area contributed by atoms with E-state index in [1.165, 1.54) is 0 Å². The monoisotopic (exact) mass is 306 g/mol. The SMILES string of the molecule is Cc1ccc(Cl)cc1NC1=NS(=O)(=O)c2ccccc21. The maximum Gasteiger partial charge on any atom is 0.285 e. The number of aryl methyl sites for hydroxylation is 1. The molecular weight excluding hydrogens is 296 g/mol. The van der Waals surface area contributed by atoms with Crippen LogP contribution in [0.3, 0.4) is 0 Å². The Morgan fingerprint density at radius 2 is 1.90 bits per heavy atom. The van der Waals surface area contributed by atoms with E-state index in [0.29, 0.717) is 16.4 Å². The van der Waals surface area contributed by atoms with E-state index in [1.54, 1.807) is 36.4 Å². The van der Waals surface area contributed by atoms with Gasteiger partial charge in [0.05, 0.1) is 0 Å². The van der Waals surface area contributed by atoms with Crippen molar-refractivity contribution in [1.29, 1.82) is 0 Å². The van der Waals surface area contributed by atoms with E-state index in [9.17, 15) is 8.42 Å². The Hall–Kier alpha value is -1.85. The fourth-order valence-corrected chi connectivity index (χ4v) is 3.40. The predicted octanol–water partition coefficient (Wildman–Crippen LogP) is 3.21. The summed E-state index contributed by atoms with van der Waals surface area (Å²) in [5.41, 5.74) is 2.27. The van der Waals surface area contributed by atoms with Crippen molar-refractivity contribution in [1.82, 2.24) is 0 Å². The Bertz CT molecular complexity index is 829. The van der Waals surface area contributed by atoms with Crippen molar-refractivity contribution in [3.63, 3.8) is 0 Å². The second-order valence-corrected chi connectivity index (χ2v) is 6.50. The Morgan fingerprint density at radius 3 is 2.70 bits per heavy atom. The van der Waals surface area contributed by atoms with E-state index >= 15 is 0 Å². The molecule has 0 saturated carbocycles. The minimum Gasteiger partial charge on any atom is -0.339 e. The summed E-state index contributed by atoms with van der Waals surface area (Å²) in [5.74, 6) is 0.325. The minimum atomic E-state index is -3.61. The van der Waals surface area contributed by atoms with Gasteiger partial charge < -0.3 is 5.32 Å². The van der Waals surface area contributed by atoms with E-state index in [0.717, 1.165) is 11.3 Å². The van der Waals surface area contributed by atoms with Crippen LogP contribution in [0.1, 0.15) is 11.1 Å². The van der Waals surface area contributed by atoms with Gasteiger partial charge in [0.1, 0.15) is 4.90 Å². The summed E-state index contributed by atoms with van der Waals surface area (Å²) in [6.45, 7) is 1.91. The van der Waals surface area contributed by atoms with Crippen LogP contribution < -0.4 is 5.32 Å². The number of amidine groups is 1. The number of fused-ring (bicyclic) bond motifs is 1. The lowest BCUT2D eigenvalue weighted by Crippen LogP contribution is -2.12. The molecule has 6 heteroatoms. The van der Waals surface area contributed by atoms with Crippen LogP contribution in [0.15, 0.2) is 51.8 Å². The van der Waals surface area contributed by atoms with Crippen LogP contribution in [0.25, 0.3) is 0 Å². The smallest absolute Gasteiger partial charge is 0.285 e. The van der Waals surface area contributed by atoms with Gasteiger partial charge in [-0.25, -0.2) is 0 Å². The largest absolute Gasteiger partial charge is 0.339 e. The number of anilines is 1. The van der Waals surface area contributed by atoms with E-state index in [2.05, 4.69) is 9.71 Å². The third-order valence-corrected chi connectivity index (χ3v) is 4.65. The molecule has 0 amide bonds. The minimum absolute atomic E-state index is 0.224. The second-order valence-electron chi connectivity index (χ2n) is 4.50. The second kappa shape index (κ2) is 4.61. The maximum absolute atomic E-state index is 12.0. The molecule has 0 radical (unpaired) electrons. The molecule has 1 aliphatic rings. The van der Waals surface area contributed by atoms with E-state index in [4.69, 9.17) is 11.6 Å². The van der Waals surface area contributed by atoms with Gasteiger partial charge in [-0.15, -0.1) is 4.40 Å². The van der Waals surface area contributed by atoms with Gasteiger partial charge in [-0.3, -0.25) is 0 Å². The lowest BCUT2D eigenvalue weighted by Gasteiger charge is -2.09. The molecule has 0 aliphatic carbocycles. The van der Waals surface area contributed by atoms with Crippen LogP contribution in [0.2, 0.25) is 5.02 Å². The molecule has 1 heterocycles. The molecule has 1 aliphatic heterocycles.